The number of nitrogens with zero attached hydrogens (tertiary/aromatic N) is 1. The summed E-state index contributed by atoms with van der Waals surface area (Å²) in [4.78, 5) is 16.6. The van der Waals surface area contributed by atoms with Gasteiger partial charge in [-0.15, -0.1) is 12.4 Å². The van der Waals surface area contributed by atoms with Crippen molar-refractivity contribution in [1.82, 2.24) is 10.3 Å². The third-order valence-electron chi connectivity index (χ3n) is 5.63. The van der Waals surface area contributed by atoms with Crippen molar-refractivity contribution in [2.24, 2.45) is 17.8 Å². The van der Waals surface area contributed by atoms with E-state index < -0.39 is 0 Å². The number of halogens is 1. The SMILES string of the molecule is Cl.Nc1ccc(CC(=O)NC23CC4CC(CC(C4)C2)C3)nc1. The van der Waals surface area contributed by atoms with Crippen LogP contribution in [0.3, 0.4) is 0 Å². The van der Waals surface area contributed by atoms with Crippen molar-refractivity contribution in [1.29, 1.82) is 0 Å². The summed E-state index contributed by atoms with van der Waals surface area (Å²) in [6, 6.07) is 3.65. The van der Waals surface area contributed by atoms with Gasteiger partial charge in [-0.1, -0.05) is 0 Å². The van der Waals surface area contributed by atoms with Gasteiger partial charge in [-0.05, 0) is 68.4 Å². The van der Waals surface area contributed by atoms with E-state index in [1.807, 2.05) is 6.07 Å². The molecule has 4 nitrogen and oxygen atoms in total. The van der Waals surface area contributed by atoms with Gasteiger partial charge >= 0.3 is 0 Å². The van der Waals surface area contributed by atoms with Crippen LogP contribution >= 0.6 is 12.4 Å². The first-order valence-corrected chi connectivity index (χ1v) is 8.12. The number of amides is 1. The maximum absolute atomic E-state index is 12.4. The molecule has 1 aromatic rings. The maximum Gasteiger partial charge on any atom is 0.226 e. The van der Waals surface area contributed by atoms with E-state index in [9.17, 15) is 4.79 Å². The summed E-state index contributed by atoms with van der Waals surface area (Å²) in [5.74, 6) is 2.68. The molecule has 4 saturated carbocycles. The molecule has 0 radical (unpaired) electrons. The highest BCUT2D eigenvalue weighted by molar-refractivity contribution is 5.85. The van der Waals surface area contributed by atoms with E-state index in [0.29, 0.717) is 12.1 Å². The third-order valence-corrected chi connectivity index (χ3v) is 5.63. The second kappa shape index (κ2) is 5.73. The van der Waals surface area contributed by atoms with Crippen LogP contribution in [-0.4, -0.2) is 16.4 Å². The fraction of sp³-hybridized carbons (Fsp3) is 0.647. The number of nitrogen functional groups attached to an aromatic ring is 1. The molecule has 0 atom stereocenters. The molecule has 120 valence electrons. The topological polar surface area (TPSA) is 68.0 Å². The number of carbonyl (C=O) groups is 1. The van der Waals surface area contributed by atoms with Gasteiger partial charge < -0.3 is 11.1 Å². The van der Waals surface area contributed by atoms with E-state index >= 15 is 0 Å². The molecular weight excluding hydrogens is 298 g/mol. The van der Waals surface area contributed by atoms with E-state index in [4.69, 9.17) is 5.73 Å². The average molecular weight is 322 g/mol. The summed E-state index contributed by atoms with van der Waals surface area (Å²) < 4.78 is 0. The van der Waals surface area contributed by atoms with Crippen LogP contribution in [0.2, 0.25) is 0 Å². The molecule has 0 spiro atoms. The lowest BCUT2D eigenvalue weighted by atomic mass is 9.53. The van der Waals surface area contributed by atoms with Gasteiger partial charge in [0.2, 0.25) is 5.91 Å². The molecule has 5 heteroatoms. The summed E-state index contributed by atoms with van der Waals surface area (Å²) in [5, 5.41) is 3.38. The van der Waals surface area contributed by atoms with Crippen LogP contribution in [0, 0.1) is 17.8 Å². The number of anilines is 1. The number of nitrogens with two attached hydrogens (primary N) is 1. The molecule has 1 heterocycles. The molecule has 0 unspecified atom stereocenters. The lowest BCUT2D eigenvalue weighted by Crippen LogP contribution is -2.60. The number of hydrogen-bond acceptors (Lipinski definition) is 3. The zero-order valence-corrected chi connectivity index (χ0v) is 13.6. The van der Waals surface area contributed by atoms with Crippen LogP contribution in [0.5, 0.6) is 0 Å². The van der Waals surface area contributed by atoms with Crippen molar-refractivity contribution in [2.45, 2.75) is 50.5 Å². The molecular formula is C17H24ClN3O. The molecule has 0 aromatic carbocycles. The molecule has 22 heavy (non-hydrogen) atoms. The zero-order valence-electron chi connectivity index (χ0n) is 12.8. The van der Waals surface area contributed by atoms with Crippen molar-refractivity contribution >= 4 is 24.0 Å². The Bertz CT molecular complexity index is 522. The van der Waals surface area contributed by atoms with Crippen LogP contribution < -0.4 is 11.1 Å². The van der Waals surface area contributed by atoms with E-state index in [1.165, 1.54) is 38.5 Å². The Hall–Kier alpha value is -1.29. The first kappa shape index (κ1) is 15.6. The first-order valence-electron chi connectivity index (χ1n) is 8.12. The van der Waals surface area contributed by atoms with Gasteiger partial charge in [-0.2, -0.15) is 0 Å². The summed E-state index contributed by atoms with van der Waals surface area (Å²) >= 11 is 0. The molecule has 1 amide bonds. The first-order chi connectivity index (χ1) is 10.1. The Morgan fingerprint density at radius 3 is 2.27 bits per heavy atom. The standard InChI is InChI=1S/C17H23N3O.ClH/c18-14-1-2-15(19-10-14)6-16(21)20-17-7-11-3-12(8-17)5-13(4-11)9-17;/h1-2,10-13H,3-9,18H2,(H,20,21);1H. The van der Waals surface area contributed by atoms with Gasteiger partial charge in [-0.25, -0.2) is 0 Å². The fourth-order valence-electron chi connectivity index (χ4n) is 5.31. The predicted octanol–water partition coefficient (Wildman–Crippen LogP) is 2.71. The third kappa shape index (κ3) is 2.94. The van der Waals surface area contributed by atoms with Gasteiger partial charge in [0.05, 0.1) is 18.3 Å². The van der Waals surface area contributed by atoms with E-state index in [2.05, 4.69) is 10.3 Å². The van der Waals surface area contributed by atoms with Crippen LogP contribution in [0.4, 0.5) is 5.69 Å². The highest BCUT2D eigenvalue weighted by atomic mass is 35.5. The molecule has 5 rings (SSSR count). The smallest absolute Gasteiger partial charge is 0.226 e. The van der Waals surface area contributed by atoms with Crippen molar-refractivity contribution in [3.8, 4) is 0 Å². The lowest BCUT2D eigenvalue weighted by Gasteiger charge is -2.56. The van der Waals surface area contributed by atoms with Gasteiger partial charge in [0, 0.05) is 11.2 Å². The monoisotopic (exact) mass is 321 g/mol. The van der Waals surface area contributed by atoms with Gasteiger partial charge in [0.1, 0.15) is 0 Å². The van der Waals surface area contributed by atoms with E-state index in [-0.39, 0.29) is 23.9 Å². The van der Waals surface area contributed by atoms with Crippen molar-refractivity contribution in [2.75, 3.05) is 5.73 Å². The van der Waals surface area contributed by atoms with Crippen LogP contribution in [-0.2, 0) is 11.2 Å². The quantitative estimate of drug-likeness (QED) is 0.899. The number of aromatic nitrogens is 1. The van der Waals surface area contributed by atoms with Crippen LogP contribution in [0.1, 0.15) is 44.2 Å². The van der Waals surface area contributed by atoms with Crippen LogP contribution in [0.15, 0.2) is 18.3 Å². The van der Waals surface area contributed by atoms with Crippen molar-refractivity contribution in [3.63, 3.8) is 0 Å². The molecule has 4 bridgehead atoms. The summed E-state index contributed by atoms with van der Waals surface area (Å²) in [7, 11) is 0. The minimum Gasteiger partial charge on any atom is -0.397 e. The van der Waals surface area contributed by atoms with Gasteiger partial charge in [-0.3, -0.25) is 9.78 Å². The Morgan fingerprint density at radius 1 is 1.18 bits per heavy atom. The van der Waals surface area contributed by atoms with Crippen LogP contribution in [0.25, 0.3) is 0 Å². The molecule has 1 aromatic heterocycles. The number of nitrogens with one attached hydrogen (secondary N) is 1. The minimum absolute atomic E-state index is 0. The molecule has 3 N–H and O–H groups in total. The van der Waals surface area contributed by atoms with Gasteiger partial charge in [0.15, 0.2) is 0 Å². The number of rotatable bonds is 3. The molecule has 4 aliphatic rings. The maximum atomic E-state index is 12.4. The Morgan fingerprint density at radius 2 is 1.77 bits per heavy atom. The number of carbonyl (C=O) groups excluding carboxylic acids is 1. The highest BCUT2D eigenvalue weighted by Gasteiger charge is 2.51. The largest absolute Gasteiger partial charge is 0.397 e. The Kier molecular flexibility index (Phi) is 4.06. The van der Waals surface area contributed by atoms with E-state index in [0.717, 1.165) is 23.4 Å². The summed E-state index contributed by atoms with van der Waals surface area (Å²) in [5.41, 5.74) is 7.16. The lowest BCUT2D eigenvalue weighted by molar-refractivity contribution is -0.126. The predicted molar refractivity (Wildman–Crippen MR) is 88.6 cm³/mol. The normalized spacial score (nSPS) is 35.0. The second-order valence-corrected chi connectivity index (χ2v) is 7.51. The minimum atomic E-state index is 0. The van der Waals surface area contributed by atoms with E-state index in [1.54, 1.807) is 12.3 Å². The fourth-order valence-corrected chi connectivity index (χ4v) is 5.31. The molecule has 4 fully saturated rings. The zero-order chi connectivity index (χ0) is 14.4. The van der Waals surface area contributed by atoms with Crippen molar-refractivity contribution in [3.05, 3.63) is 24.0 Å². The summed E-state index contributed by atoms with van der Waals surface area (Å²) in [6.45, 7) is 0. The molecule has 0 saturated heterocycles. The van der Waals surface area contributed by atoms with Crippen molar-refractivity contribution < 1.29 is 4.79 Å². The molecule has 0 aliphatic heterocycles. The Labute approximate surface area is 137 Å². The van der Waals surface area contributed by atoms with Gasteiger partial charge in [0.25, 0.3) is 0 Å². The number of pyridine rings is 1. The second-order valence-electron chi connectivity index (χ2n) is 7.51. The Balaban J connectivity index is 0.00000144. The summed E-state index contributed by atoms with van der Waals surface area (Å²) in [6.07, 6.45) is 9.76. The average Bonchev–Trinajstić information content (AvgIpc) is 2.39. The molecule has 4 aliphatic carbocycles. The number of hydrogen-bond donors (Lipinski definition) is 2. The highest BCUT2D eigenvalue weighted by Crippen LogP contribution is 2.55.